The predicted octanol–water partition coefficient (Wildman–Crippen LogP) is 5.44. The van der Waals surface area contributed by atoms with Crippen molar-refractivity contribution in [3.8, 4) is 0 Å². The largest absolute Gasteiger partial charge is 0.481 e. The van der Waals surface area contributed by atoms with Crippen molar-refractivity contribution >= 4 is 5.97 Å². The number of carboxylic acids is 1. The number of hydrogen-bond donors (Lipinski definition) is 2. The van der Waals surface area contributed by atoms with Gasteiger partial charge in [0.1, 0.15) is 0 Å². The fraction of sp³-hybridized carbons (Fsp3) is 0.806. The molecule has 1 aromatic rings. The van der Waals surface area contributed by atoms with Crippen LogP contribution >= 0.6 is 0 Å². The van der Waals surface area contributed by atoms with Gasteiger partial charge in [0.25, 0.3) is 0 Å². The Hall–Kier alpha value is -1.66. The first kappa shape index (κ1) is 25.6. The number of nitrogens with zero attached hydrogens (tertiary/aromatic N) is 1. The first-order valence-electron chi connectivity index (χ1n) is 14.9. The van der Waals surface area contributed by atoms with Crippen molar-refractivity contribution in [1.29, 1.82) is 0 Å². The Morgan fingerprint density at radius 2 is 1.84 bits per heavy atom. The van der Waals surface area contributed by atoms with Crippen LogP contribution in [0.2, 0.25) is 0 Å². The van der Waals surface area contributed by atoms with Gasteiger partial charge < -0.3 is 19.5 Å². The monoisotopic (exact) mass is 511 g/mol. The van der Waals surface area contributed by atoms with Gasteiger partial charge in [0.2, 0.25) is 0 Å². The highest BCUT2D eigenvalue weighted by Gasteiger charge is 2.69. The second kappa shape index (κ2) is 9.22. The molecule has 1 saturated heterocycles. The van der Waals surface area contributed by atoms with Gasteiger partial charge in [-0.3, -0.25) is 4.79 Å². The summed E-state index contributed by atoms with van der Waals surface area (Å²) in [5.41, 5.74) is -0.597. The molecule has 0 amide bonds. The summed E-state index contributed by atoms with van der Waals surface area (Å²) < 4.78 is 5.25. The molecule has 0 bridgehead atoms. The number of hydrogen-bond acceptors (Lipinski definition) is 5. The van der Waals surface area contributed by atoms with Crippen LogP contribution < -0.4 is 5.63 Å². The van der Waals surface area contributed by atoms with E-state index in [1.807, 2.05) is 0 Å². The molecule has 9 atom stereocenters. The van der Waals surface area contributed by atoms with Gasteiger partial charge >= 0.3 is 11.6 Å². The number of carboxylic acid groups (broad SMARTS) is 1. The Balaban J connectivity index is 1.29. The lowest BCUT2D eigenvalue weighted by Gasteiger charge is -2.64. The van der Waals surface area contributed by atoms with Crippen molar-refractivity contribution in [2.45, 2.75) is 108 Å². The zero-order valence-corrected chi connectivity index (χ0v) is 22.7. The topological polar surface area (TPSA) is 91.0 Å². The van der Waals surface area contributed by atoms with Gasteiger partial charge in [0, 0.05) is 23.9 Å². The van der Waals surface area contributed by atoms with Gasteiger partial charge in [0.05, 0.1) is 11.9 Å². The second-order valence-electron chi connectivity index (χ2n) is 13.8. The SMILES string of the molecule is C[C@]12CC[C@H](N3CCCCC3)C[C@H]1CC[C@@H]1[C@@H]2CC[C@]2(C)[C@@H](c3ccc(=O)oc3)[C@H](CC(=O)O)C[C@]12O. The third-order valence-electron chi connectivity index (χ3n) is 12.4. The molecule has 37 heavy (non-hydrogen) atoms. The minimum Gasteiger partial charge on any atom is -0.481 e. The first-order chi connectivity index (χ1) is 17.7. The Kier molecular flexibility index (Phi) is 6.38. The number of carbonyl (C=O) groups is 1. The summed E-state index contributed by atoms with van der Waals surface area (Å²) in [5, 5.41) is 22.5. The highest BCUT2D eigenvalue weighted by Crippen LogP contribution is 2.72. The number of aliphatic hydroxyl groups is 1. The molecule has 1 aliphatic heterocycles. The van der Waals surface area contributed by atoms with E-state index in [0.29, 0.717) is 12.3 Å². The summed E-state index contributed by atoms with van der Waals surface area (Å²) in [5.74, 6) is 0.304. The molecule has 4 saturated carbocycles. The minimum atomic E-state index is -0.894. The lowest BCUT2D eigenvalue weighted by Crippen LogP contribution is -2.62. The van der Waals surface area contributed by atoms with Crippen LogP contribution in [0.1, 0.15) is 102 Å². The van der Waals surface area contributed by atoms with Gasteiger partial charge in [-0.25, -0.2) is 4.79 Å². The van der Waals surface area contributed by atoms with E-state index in [9.17, 15) is 19.8 Å². The van der Waals surface area contributed by atoms with Gasteiger partial charge in [-0.15, -0.1) is 0 Å². The molecule has 0 spiro atoms. The molecular weight excluding hydrogens is 466 g/mol. The van der Waals surface area contributed by atoms with Crippen LogP contribution in [-0.2, 0) is 4.79 Å². The molecular formula is C31H45NO5. The van der Waals surface area contributed by atoms with Gasteiger partial charge in [0.15, 0.2) is 0 Å². The van der Waals surface area contributed by atoms with Gasteiger partial charge in [-0.05, 0) is 124 Å². The molecule has 0 aromatic carbocycles. The summed E-state index contributed by atoms with van der Waals surface area (Å²) in [6, 6.07) is 3.97. The second-order valence-corrected chi connectivity index (χ2v) is 13.8. The molecule has 1 aromatic heterocycles. The van der Waals surface area contributed by atoms with Crippen molar-refractivity contribution in [3.05, 3.63) is 34.4 Å². The predicted molar refractivity (Wildman–Crippen MR) is 141 cm³/mol. The van der Waals surface area contributed by atoms with E-state index in [0.717, 1.165) is 36.8 Å². The maximum Gasteiger partial charge on any atom is 0.335 e. The Labute approximate surface area is 220 Å². The summed E-state index contributed by atoms with van der Waals surface area (Å²) in [4.78, 5) is 26.4. The molecule has 6 heteroatoms. The van der Waals surface area contributed by atoms with E-state index in [-0.39, 0.29) is 29.6 Å². The summed E-state index contributed by atoms with van der Waals surface area (Å²) in [7, 11) is 0. The standard InChI is InChI=1S/C31H45NO5/c1-29-12-10-23(32-14-4-3-5-15-32)17-22(29)7-8-25-24(29)11-13-30(2)28(20-6-9-27(35)37-19-20)21(16-26(33)34)18-31(25,30)36/h6,9,19,21-25,28,36H,3-5,7-8,10-18H2,1-2H3,(H,33,34)/t21-,22-,23+,24+,25-,28+,29+,30-,31+/m1/s1. The lowest BCUT2D eigenvalue weighted by molar-refractivity contribution is -0.204. The molecule has 204 valence electrons. The van der Waals surface area contributed by atoms with E-state index in [2.05, 4.69) is 18.7 Å². The van der Waals surface area contributed by atoms with E-state index < -0.39 is 22.6 Å². The Morgan fingerprint density at radius 3 is 2.54 bits per heavy atom. The summed E-state index contributed by atoms with van der Waals surface area (Å²) in [6.45, 7) is 7.26. The van der Waals surface area contributed by atoms with Crippen LogP contribution in [0.5, 0.6) is 0 Å². The van der Waals surface area contributed by atoms with Crippen molar-refractivity contribution in [2.24, 2.45) is 34.5 Å². The fourth-order valence-corrected chi connectivity index (χ4v) is 10.6. The van der Waals surface area contributed by atoms with Crippen molar-refractivity contribution in [1.82, 2.24) is 4.90 Å². The molecule has 0 radical (unpaired) electrons. The van der Waals surface area contributed by atoms with Crippen LogP contribution in [0.25, 0.3) is 0 Å². The zero-order valence-electron chi connectivity index (χ0n) is 22.7. The van der Waals surface area contributed by atoms with E-state index in [1.165, 1.54) is 70.4 Å². The van der Waals surface area contributed by atoms with Gasteiger partial charge in [-0.2, -0.15) is 0 Å². The third-order valence-corrected chi connectivity index (χ3v) is 12.4. The maximum atomic E-state index is 12.7. The first-order valence-corrected chi connectivity index (χ1v) is 14.9. The Bertz CT molecular complexity index is 1060. The number of piperidine rings is 1. The van der Waals surface area contributed by atoms with Crippen LogP contribution in [0.4, 0.5) is 0 Å². The van der Waals surface area contributed by atoms with Crippen LogP contribution in [-0.4, -0.2) is 45.8 Å². The highest BCUT2D eigenvalue weighted by molar-refractivity contribution is 5.67. The highest BCUT2D eigenvalue weighted by atomic mass is 16.4. The van der Waals surface area contributed by atoms with Gasteiger partial charge in [-0.1, -0.05) is 20.3 Å². The van der Waals surface area contributed by atoms with Crippen molar-refractivity contribution in [2.75, 3.05) is 13.1 Å². The van der Waals surface area contributed by atoms with Crippen LogP contribution in [0.3, 0.4) is 0 Å². The summed E-state index contributed by atoms with van der Waals surface area (Å²) >= 11 is 0. The number of likely N-dealkylation sites (tertiary alicyclic amines) is 1. The molecule has 2 N–H and O–H groups in total. The van der Waals surface area contributed by atoms with Crippen LogP contribution in [0, 0.1) is 34.5 Å². The maximum absolute atomic E-state index is 12.7. The van der Waals surface area contributed by atoms with Crippen molar-refractivity contribution in [3.63, 3.8) is 0 Å². The lowest BCUT2D eigenvalue weighted by atomic mass is 9.43. The molecule has 5 aliphatic rings. The molecule has 4 aliphatic carbocycles. The fourth-order valence-electron chi connectivity index (χ4n) is 10.6. The smallest absolute Gasteiger partial charge is 0.335 e. The normalized spacial score (nSPS) is 46.0. The molecule has 0 unspecified atom stereocenters. The molecule has 2 heterocycles. The third kappa shape index (κ3) is 3.95. The van der Waals surface area contributed by atoms with Crippen molar-refractivity contribution < 1.29 is 19.4 Å². The quantitative estimate of drug-likeness (QED) is 0.560. The molecule has 6 nitrogen and oxygen atoms in total. The number of fused-ring (bicyclic) bond motifs is 5. The molecule has 6 rings (SSSR count). The zero-order chi connectivity index (χ0) is 26.0. The van der Waals surface area contributed by atoms with E-state index >= 15 is 0 Å². The molecule has 5 fully saturated rings. The van der Waals surface area contributed by atoms with Crippen LogP contribution in [0.15, 0.2) is 27.6 Å². The Morgan fingerprint density at radius 1 is 1.05 bits per heavy atom. The average Bonchev–Trinajstić information content (AvgIpc) is 3.10. The minimum absolute atomic E-state index is 0.0382. The average molecular weight is 512 g/mol. The van der Waals surface area contributed by atoms with E-state index in [4.69, 9.17) is 4.42 Å². The summed E-state index contributed by atoms with van der Waals surface area (Å²) in [6.07, 6.45) is 14.2. The van der Waals surface area contributed by atoms with E-state index in [1.54, 1.807) is 6.07 Å². The number of aliphatic carboxylic acids is 1. The number of rotatable bonds is 4.